The maximum Gasteiger partial charge on any atom is 0.336 e. The Morgan fingerprint density at radius 2 is 0.920 bits per heavy atom. The highest BCUT2D eigenvalue weighted by Crippen LogP contribution is 2.15. The van der Waals surface area contributed by atoms with E-state index in [2.05, 4.69) is 0 Å². The highest BCUT2D eigenvalue weighted by molar-refractivity contribution is 5.89. The van der Waals surface area contributed by atoms with Crippen molar-refractivity contribution in [2.75, 3.05) is 0 Å². The maximum absolute atomic E-state index is 10.3. The van der Waals surface area contributed by atoms with Crippen molar-refractivity contribution >= 4 is 35.8 Å². The summed E-state index contributed by atoms with van der Waals surface area (Å²) < 4.78 is 0. The Labute approximate surface area is 139 Å². The second-order valence-corrected chi connectivity index (χ2v) is 4.19. The molecule has 0 aromatic heterocycles. The fourth-order valence-corrected chi connectivity index (χ4v) is 0.843. The number of rotatable bonds is 8. The standard InChI is InChI=1S/C6H8O7.C3H4O4.C3H6O2/c7-3(8)1-6(13,5(11)12)2-4(9)10;4-2(5)1-3(6)7;1-2-3(4)5/h13H,1-2H2,(H,7,8)(H,9,10)(H,11,12);1H2,(H,4,5)(H,6,7);2H2,1H3,(H,4,5). The molecule has 13 heteroatoms. The monoisotopic (exact) mass is 370 g/mol. The van der Waals surface area contributed by atoms with Gasteiger partial charge in [-0.15, -0.1) is 0 Å². The molecule has 0 saturated heterocycles. The first kappa shape index (κ1) is 26.7. The van der Waals surface area contributed by atoms with Gasteiger partial charge >= 0.3 is 35.8 Å². The zero-order valence-corrected chi connectivity index (χ0v) is 12.9. The van der Waals surface area contributed by atoms with Crippen LogP contribution >= 0.6 is 0 Å². The van der Waals surface area contributed by atoms with E-state index in [1.165, 1.54) is 0 Å². The van der Waals surface area contributed by atoms with Crippen molar-refractivity contribution in [3.05, 3.63) is 0 Å². The molecular weight excluding hydrogens is 352 g/mol. The number of aliphatic hydroxyl groups is 1. The minimum absolute atomic E-state index is 0.222. The lowest BCUT2D eigenvalue weighted by molar-refractivity contribution is -0.170. The van der Waals surface area contributed by atoms with Gasteiger partial charge in [0.15, 0.2) is 5.60 Å². The lowest BCUT2D eigenvalue weighted by Crippen LogP contribution is -2.42. The molecular formula is C12H18O13. The zero-order chi connectivity index (χ0) is 20.8. The van der Waals surface area contributed by atoms with Crippen LogP contribution < -0.4 is 0 Å². The summed E-state index contributed by atoms with van der Waals surface area (Å²) >= 11 is 0. The van der Waals surface area contributed by atoms with Crippen LogP contribution in [-0.4, -0.2) is 77.2 Å². The predicted octanol–water partition coefficient (Wildman–Crippen LogP) is -1.22. The van der Waals surface area contributed by atoms with Crippen LogP contribution in [0.5, 0.6) is 0 Å². The van der Waals surface area contributed by atoms with Crippen LogP contribution in [0, 0.1) is 0 Å². The molecule has 0 atom stereocenters. The molecule has 0 aliphatic carbocycles. The van der Waals surface area contributed by atoms with Gasteiger partial charge in [-0.2, -0.15) is 0 Å². The zero-order valence-electron chi connectivity index (χ0n) is 12.9. The van der Waals surface area contributed by atoms with Gasteiger partial charge in [-0.3, -0.25) is 24.0 Å². The molecule has 144 valence electrons. The third-order valence-electron chi connectivity index (χ3n) is 1.89. The Morgan fingerprint density at radius 3 is 1.00 bits per heavy atom. The van der Waals surface area contributed by atoms with Crippen LogP contribution in [0.3, 0.4) is 0 Å². The molecule has 0 aromatic carbocycles. The number of hydrogen-bond acceptors (Lipinski definition) is 7. The molecule has 25 heavy (non-hydrogen) atoms. The van der Waals surface area contributed by atoms with E-state index in [9.17, 15) is 28.8 Å². The number of carbonyl (C=O) groups is 6. The van der Waals surface area contributed by atoms with E-state index in [-0.39, 0.29) is 6.42 Å². The molecule has 13 nitrogen and oxygen atoms in total. The van der Waals surface area contributed by atoms with Crippen LogP contribution in [0.15, 0.2) is 0 Å². The van der Waals surface area contributed by atoms with Crippen LogP contribution in [0.25, 0.3) is 0 Å². The SMILES string of the molecule is CCC(=O)O.O=C(O)CC(=O)O.O=C(O)CC(O)(CC(=O)O)C(=O)O. The summed E-state index contributed by atoms with van der Waals surface area (Å²) in [6.45, 7) is 1.60. The Balaban J connectivity index is -0.000000337. The lowest BCUT2D eigenvalue weighted by atomic mass is 9.96. The van der Waals surface area contributed by atoms with E-state index < -0.39 is 60.7 Å². The highest BCUT2D eigenvalue weighted by atomic mass is 16.4. The van der Waals surface area contributed by atoms with Gasteiger partial charge in [0.05, 0.1) is 12.8 Å². The average molecular weight is 370 g/mol. The molecule has 0 fully saturated rings. The Hall–Kier alpha value is -3.22. The van der Waals surface area contributed by atoms with Gasteiger partial charge in [0.25, 0.3) is 0 Å². The van der Waals surface area contributed by atoms with Gasteiger partial charge in [0.1, 0.15) is 6.42 Å². The predicted molar refractivity (Wildman–Crippen MR) is 74.9 cm³/mol. The van der Waals surface area contributed by atoms with Gasteiger partial charge < -0.3 is 35.7 Å². The first-order valence-corrected chi connectivity index (χ1v) is 6.22. The summed E-state index contributed by atoms with van der Waals surface area (Å²) in [7, 11) is 0. The van der Waals surface area contributed by atoms with Gasteiger partial charge in [-0.05, 0) is 0 Å². The van der Waals surface area contributed by atoms with E-state index in [0.717, 1.165) is 0 Å². The molecule has 0 amide bonds. The fourth-order valence-electron chi connectivity index (χ4n) is 0.843. The number of carboxylic acid groups (broad SMARTS) is 6. The Bertz CT molecular complexity index is 479. The summed E-state index contributed by atoms with van der Waals surface area (Å²) in [5.41, 5.74) is -2.74. The van der Waals surface area contributed by atoms with Gasteiger partial charge in [0.2, 0.25) is 0 Å². The third-order valence-corrected chi connectivity index (χ3v) is 1.89. The molecule has 0 saturated carbocycles. The molecule has 0 spiro atoms. The van der Waals surface area contributed by atoms with Gasteiger partial charge in [-0.1, -0.05) is 6.92 Å². The second kappa shape index (κ2) is 13.2. The van der Waals surface area contributed by atoms with Crippen molar-refractivity contribution in [2.45, 2.75) is 38.2 Å². The summed E-state index contributed by atoms with van der Waals surface area (Å²) in [5.74, 6) is -8.39. The average Bonchev–Trinajstić information content (AvgIpc) is 2.36. The molecule has 0 aliphatic rings. The molecule has 0 radical (unpaired) electrons. The van der Waals surface area contributed by atoms with Crippen LogP contribution in [0.2, 0.25) is 0 Å². The van der Waals surface area contributed by atoms with E-state index in [1.807, 2.05) is 0 Å². The van der Waals surface area contributed by atoms with E-state index in [0.29, 0.717) is 0 Å². The molecule has 0 rings (SSSR count). The molecule has 0 unspecified atom stereocenters. The number of hydrogen-bond donors (Lipinski definition) is 7. The van der Waals surface area contributed by atoms with Crippen molar-refractivity contribution in [1.29, 1.82) is 0 Å². The van der Waals surface area contributed by atoms with Crippen molar-refractivity contribution < 1.29 is 64.5 Å². The van der Waals surface area contributed by atoms with Crippen molar-refractivity contribution in [1.82, 2.24) is 0 Å². The van der Waals surface area contributed by atoms with E-state index >= 15 is 0 Å². The van der Waals surface area contributed by atoms with Gasteiger partial charge in [0, 0.05) is 6.42 Å². The van der Waals surface area contributed by atoms with E-state index in [4.69, 9.17) is 35.7 Å². The first-order chi connectivity index (χ1) is 11.2. The summed E-state index contributed by atoms with van der Waals surface area (Å²) in [5, 5.41) is 56.9. The topological polar surface area (TPSA) is 244 Å². The van der Waals surface area contributed by atoms with E-state index in [1.54, 1.807) is 6.92 Å². The third kappa shape index (κ3) is 20.8. The number of aliphatic carboxylic acids is 6. The van der Waals surface area contributed by atoms with Crippen LogP contribution in [0.4, 0.5) is 0 Å². The van der Waals surface area contributed by atoms with Gasteiger partial charge in [-0.25, -0.2) is 4.79 Å². The molecule has 0 heterocycles. The fraction of sp³-hybridized carbons (Fsp3) is 0.500. The van der Waals surface area contributed by atoms with Crippen LogP contribution in [-0.2, 0) is 28.8 Å². The maximum atomic E-state index is 10.3. The minimum atomic E-state index is -2.74. The summed E-state index contributed by atoms with van der Waals surface area (Å²) in [6.07, 6.45) is -2.87. The molecule has 0 aliphatic heterocycles. The highest BCUT2D eigenvalue weighted by Gasteiger charge is 2.40. The minimum Gasteiger partial charge on any atom is -0.481 e. The second-order valence-electron chi connectivity index (χ2n) is 4.19. The molecule has 0 bridgehead atoms. The molecule has 7 N–H and O–H groups in total. The number of carboxylic acids is 6. The first-order valence-electron chi connectivity index (χ1n) is 6.22. The largest absolute Gasteiger partial charge is 0.481 e. The molecule has 0 aromatic rings. The summed E-state index contributed by atoms with van der Waals surface area (Å²) in [4.78, 5) is 58.7. The lowest BCUT2D eigenvalue weighted by Gasteiger charge is -2.18. The quantitative estimate of drug-likeness (QED) is 0.248. The normalized spacial score (nSPS) is 9.36. The van der Waals surface area contributed by atoms with Crippen molar-refractivity contribution in [2.24, 2.45) is 0 Å². The van der Waals surface area contributed by atoms with Crippen molar-refractivity contribution in [3.8, 4) is 0 Å². The van der Waals surface area contributed by atoms with Crippen molar-refractivity contribution in [3.63, 3.8) is 0 Å². The summed E-state index contributed by atoms with van der Waals surface area (Å²) in [6, 6.07) is 0. The smallest absolute Gasteiger partial charge is 0.336 e. The van der Waals surface area contributed by atoms with Crippen LogP contribution in [0.1, 0.15) is 32.6 Å². The Kier molecular flexibility index (Phi) is 14.1. The Morgan fingerprint density at radius 1 is 0.640 bits per heavy atom.